The smallest absolute Gasteiger partial charge is 0.139 e. The summed E-state index contributed by atoms with van der Waals surface area (Å²) < 4.78 is 6.17. The van der Waals surface area contributed by atoms with Gasteiger partial charge >= 0.3 is 0 Å². The van der Waals surface area contributed by atoms with E-state index in [0.29, 0.717) is 0 Å². The van der Waals surface area contributed by atoms with Crippen molar-refractivity contribution in [3.05, 3.63) is 132 Å². The third-order valence-electron chi connectivity index (χ3n) is 6.74. The molecule has 1 unspecified atom stereocenters. The number of fused-ring (bicyclic) bond motifs is 3. The van der Waals surface area contributed by atoms with Crippen LogP contribution in [0.25, 0.3) is 33.1 Å². The van der Waals surface area contributed by atoms with Crippen LogP contribution in [0.2, 0.25) is 0 Å². The van der Waals surface area contributed by atoms with E-state index < -0.39 is 0 Å². The molecule has 1 atom stereocenters. The minimum absolute atomic E-state index is 0. The summed E-state index contributed by atoms with van der Waals surface area (Å²) in [6.07, 6.45) is 7.85. The molecule has 0 spiro atoms. The molecule has 5 aromatic rings. The zero-order valence-corrected chi connectivity index (χ0v) is 20.1. The van der Waals surface area contributed by atoms with Crippen LogP contribution in [0.3, 0.4) is 0 Å². The highest BCUT2D eigenvalue weighted by atomic mass is 16.3. The van der Waals surface area contributed by atoms with E-state index in [4.69, 9.17) is 4.42 Å². The monoisotopic (exact) mass is 458 g/mol. The lowest BCUT2D eigenvalue weighted by atomic mass is 9.76. The fourth-order valence-corrected chi connectivity index (χ4v) is 4.60. The second-order valence-corrected chi connectivity index (χ2v) is 9.42. The van der Waals surface area contributed by atoms with E-state index in [0.717, 1.165) is 17.6 Å². The van der Waals surface area contributed by atoms with Crippen LogP contribution in [0, 0.1) is 6.92 Å². The Morgan fingerprint density at radius 3 is 2.06 bits per heavy atom. The summed E-state index contributed by atoms with van der Waals surface area (Å²) in [6, 6.07) is 33.8. The second kappa shape index (κ2) is 10.2. The number of rotatable bonds is 2. The molecule has 0 N–H and O–H groups in total. The molecule has 4 aromatic carbocycles. The van der Waals surface area contributed by atoms with Crippen LogP contribution in [0.1, 0.15) is 38.8 Å². The normalized spacial score (nSPS) is 16.8. The molecule has 1 aliphatic carbocycles. The third-order valence-corrected chi connectivity index (χ3v) is 6.74. The maximum atomic E-state index is 6.17. The Morgan fingerprint density at radius 1 is 0.686 bits per heavy atom. The lowest BCUT2D eigenvalue weighted by Gasteiger charge is -2.28. The van der Waals surface area contributed by atoms with Crippen LogP contribution in [0.4, 0.5) is 0 Å². The SMILES string of the molecule is C.CC1=CCC(C)(c2cccc3c2oc2ccccc23)C=C1.Cc1ccc(-c2ccccc2)cc1. The average Bonchev–Trinajstić information content (AvgIpc) is 3.26. The van der Waals surface area contributed by atoms with Gasteiger partial charge in [-0.1, -0.05) is 135 Å². The van der Waals surface area contributed by atoms with Gasteiger partial charge in [0.25, 0.3) is 0 Å². The van der Waals surface area contributed by atoms with E-state index >= 15 is 0 Å². The number of furan rings is 1. The molecule has 176 valence electrons. The first-order valence-corrected chi connectivity index (χ1v) is 11.9. The topological polar surface area (TPSA) is 13.1 Å². The lowest BCUT2D eigenvalue weighted by molar-refractivity contribution is 0.578. The van der Waals surface area contributed by atoms with Gasteiger partial charge in [-0.3, -0.25) is 0 Å². The number of hydrogen-bond acceptors (Lipinski definition) is 1. The van der Waals surface area contributed by atoms with Gasteiger partial charge in [-0.2, -0.15) is 0 Å². The number of benzene rings is 4. The van der Waals surface area contributed by atoms with Gasteiger partial charge < -0.3 is 4.42 Å². The summed E-state index contributed by atoms with van der Waals surface area (Å²) in [6.45, 7) is 6.54. The molecule has 0 saturated carbocycles. The maximum absolute atomic E-state index is 6.17. The predicted octanol–water partition coefficient (Wildman–Crippen LogP) is 10.0. The summed E-state index contributed by atoms with van der Waals surface area (Å²) in [4.78, 5) is 0. The highest BCUT2D eigenvalue weighted by Gasteiger charge is 2.28. The number of aryl methyl sites for hydroxylation is 1. The Labute approximate surface area is 209 Å². The van der Waals surface area contributed by atoms with Gasteiger partial charge in [0.1, 0.15) is 11.2 Å². The summed E-state index contributed by atoms with van der Waals surface area (Å²) >= 11 is 0. The number of para-hydroxylation sites is 2. The van der Waals surface area contributed by atoms with E-state index in [-0.39, 0.29) is 12.8 Å². The molecule has 0 amide bonds. The van der Waals surface area contributed by atoms with Crippen LogP contribution in [-0.4, -0.2) is 0 Å². The Bertz CT molecular complexity index is 1480. The highest BCUT2D eigenvalue weighted by Crippen LogP contribution is 2.40. The summed E-state index contributed by atoms with van der Waals surface area (Å²) in [5, 5.41) is 2.41. The van der Waals surface area contributed by atoms with E-state index in [1.165, 1.54) is 38.6 Å². The Hall–Kier alpha value is -3.84. The molecule has 1 nitrogen and oxygen atoms in total. The maximum Gasteiger partial charge on any atom is 0.139 e. The molecule has 1 aliphatic rings. The van der Waals surface area contributed by atoms with Crippen LogP contribution in [-0.2, 0) is 5.41 Å². The fraction of sp³-hybridized carbons (Fsp3) is 0.176. The van der Waals surface area contributed by atoms with Crippen molar-refractivity contribution < 1.29 is 4.42 Å². The van der Waals surface area contributed by atoms with E-state index in [2.05, 4.69) is 118 Å². The molecule has 0 fully saturated rings. The fourth-order valence-electron chi connectivity index (χ4n) is 4.60. The quantitative estimate of drug-likeness (QED) is 0.256. The molecule has 1 aromatic heterocycles. The third kappa shape index (κ3) is 5.00. The number of hydrogen-bond donors (Lipinski definition) is 0. The molecule has 0 bridgehead atoms. The first-order valence-electron chi connectivity index (χ1n) is 11.9. The minimum Gasteiger partial charge on any atom is -0.456 e. The summed E-state index contributed by atoms with van der Waals surface area (Å²) in [5.41, 5.74) is 8.48. The Kier molecular flexibility index (Phi) is 7.07. The van der Waals surface area contributed by atoms with Crippen LogP contribution in [0.5, 0.6) is 0 Å². The molecule has 35 heavy (non-hydrogen) atoms. The zero-order chi connectivity index (χ0) is 23.5. The van der Waals surface area contributed by atoms with Gasteiger partial charge in [0.15, 0.2) is 0 Å². The van der Waals surface area contributed by atoms with Crippen molar-refractivity contribution in [3.63, 3.8) is 0 Å². The van der Waals surface area contributed by atoms with Gasteiger partial charge in [-0.25, -0.2) is 0 Å². The molecule has 0 saturated heterocycles. The van der Waals surface area contributed by atoms with Gasteiger partial charge in [0, 0.05) is 21.8 Å². The van der Waals surface area contributed by atoms with E-state index in [9.17, 15) is 0 Å². The van der Waals surface area contributed by atoms with Crippen molar-refractivity contribution in [1.82, 2.24) is 0 Å². The largest absolute Gasteiger partial charge is 0.456 e. The van der Waals surface area contributed by atoms with Gasteiger partial charge in [0.2, 0.25) is 0 Å². The summed E-state index contributed by atoms with van der Waals surface area (Å²) in [5.74, 6) is 0. The Morgan fingerprint density at radius 2 is 1.34 bits per heavy atom. The molecule has 0 aliphatic heterocycles. The summed E-state index contributed by atoms with van der Waals surface area (Å²) in [7, 11) is 0. The minimum atomic E-state index is 0. The standard InChI is InChI=1S/C20H18O.C13H12.CH4/c1-14-10-12-20(2,13-11-14)17-8-5-7-16-15-6-3-4-9-18(15)21-19(16)17;1-11-7-9-13(10-8-11)12-5-3-2-4-6-12;/h3-12H,13H2,1-2H3;2-10H,1H3;1H4. The molecule has 0 radical (unpaired) electrons. The molecular formula is C34H34O. The number of allylic oxidation sites excluding steroid dienone is 4. The Balaban J connectivity index is 0.000000179. The first-order chi connectivity index (χ1) is 16.5. The van der Waals surface area contributed by atoms with E-state index in [1.807, 2.05) is 18.2 Å². The van der Waals surface area contributed by atoms with Gasteiger partial charge in [-0.05, 0) is 37.5 Å². The van der Waals surface area contributed by atoms with Crippen molar-refractivity contribution in [2.45, 2.75) is 40.0 Å². The van der Waals surface area contributed by atoms with Gasteiger partial charge in [-0.15, -0.1) is 0 Å². The molecule has 1 heteroatoms. The van der Waals surface area contributed by atoms with Crippen molar-refractivity contribution in [3.8, 4) is 11.1 Å². The second-order valence-electron chi connectivity index (χ2n) is 9.42. The van der Waals surface area contributed by atoms with Crippen molar-refractivity contribution in [2.75, 3.05) is 0 Å². The predicted molar refractivity (Wildman–Crippen MR) is 152 cm³/mol. The van der Waals surface area contributed by atoms with Crippen LogP contribution < -0.4 is 0 Å². The van der Waals surface area contributed by atoms with Crippen molar-refractivity contribution >= 4 is 21.9 Å². The van der Waals surface area contributed by atoms with Crippen molar-refractivity contribution in [2.24, 2.45) is 0 Å². The zero-order valence-electron chi connectivity index (χ0n) is 20.1. The molecular weight excluding hydrogens is 424 g/mol. The average molecular weight is 459 g/mol. The van der Waals surface area contributed by atoms with Gasteiger partial charge in [0.05, 0.1) is 0 Å². The van der Waals surface area contributed by atoms with E-state index in [1.54, 1.807) is 0 Å². The highest BCUT2D eigenvalue weighted by molar-refractivity contribution is 6.06. The van der Waals surface area contributed by atoms with Crippen molar-refractivity contribution in [1.29, 1.82) is 0 Å². The lowest BCUT2D eigenvalue weighted by Crippen LogP contribution is -2.20. The molecule has 6 rings (SSSR count). The first kappa shape index (κ1) is 24.3. The van der Waals surface area contributed by atoms with Crippen LogP contribution >= 0.6 is 0 Å². The molecule has 1 heterocycles. The van der Waals surface area contributed by atoms with Crippen LogP contribution in [0.15, 0.2) is 125 Å².